The summed E-state index contributed by atoms with van der Waals surface area (Å²) in [5, 5.41) is 8.80. The summed E-state index contributed by atoms with van der Waals surface area (Å²) in [7, 11) is 0. The molecule has 0 fully saturated rings. The fourth-order valence-electron chi connectivity index (χ4n) is 0.985. The first kappa shape index (κ1) is 10.8. The molecule has 0 aromatic heterocycles. The molecule has 3 N–H and O–H groups in total. The lowest BCUT2D eigenvalue weighted by Gasteiger charge is -2.04. The predicted molar refractivity (Wildman–Crippen MR) is 51.9 cm³/mol. The second-order valence-corrected chi connectivity index (χ2v) is 3.32. The minimum atomic E-state index is -1.32. The number of carbonyl (C=O) groups excluding carboxylic acids is 1. The van der Waals surface area contributed by atoms with Crippen LogP contribution in [0.3, 0.4) is 0 Å². The molecule has 1 amide bonds. The summed E-state index contributed by atoms with van der Waals surface area (Å²) in [5.74, 6) is -2.20. The SMILES string of the molecule is NC(=O)c1cc(Cl)cc(Cl)c1C(=O)O. The number of halogens is 2. The van der Waals surface area contributed by atoms with E-state index in [-0.39, 0.29) is 21.2 Å². The van der Waals surface area contributed by atoms with Crippen molar-refractivity contribution >= 4 is 35.1 Å². The number of primary amides is 1. The van der Waals surface area contributed by atoms with Crippen LogP contribution in [0.4, 0.5) is 0 Å². The van der Waals surface area contributed by atoms with Gasteiger partial charge in [0.1, 0.15) is 0 Å². The molecule has 14 heavy (non-hydrogen) atoms. The Morgan fingerprint density at radius 3 is 2.29 bits per heavy atom. The van der Waals surface area contributed by atoms with Crippen molar-refractivity contribution in [3.8, 4) is 0 Å². The summed E-state index contributed by atoms with van der Waals surface area (Å²) in [6, 6.07) is 2.40. The number of hydrogen-bond acceptors (Lipinski definition) is 2. The summed E-state index contributed by atoms with van der Waals surface area (Å²) in [6.07, 6.45) is 0. The number of rotatable bonds is 2. The average molecular weight is 234 g/mol. The minimum absolute atomic E-state index is 0.112. The van der Waals surface area contributed by atoms with Crippen molar-refractivity contribution in [2.75, 3.05) is 0 Å². The van der Waals surface area contributed by atoms with E-state index in [2.05, 4.69) is 0 Å². The van der Waals surface area contributed by atoms with E-state index in [0.29, 0.717) is 0 Å². The smallest absolute Gasteiger partial charge is 0.338 e. The zero-order valence-electron chi connectivity index (χ0n) is 6.75. The van der Waals surface area contributed by atoms with Crippen molar-refractivity contribution in [2.24, 2.45) is 5.73 Å². The van der Waals surface area contributed by atoms with Gasteiger partial charge in [-0.1, -0.05) is 23.2 Å². The maximum absolute atomic E-state index is 10.9. The van der Waals surface area contributed by atoms with Gasteiger partial charge < -0.3 is 10.8 Å². The molecule has 4 nitrogen and oxygen atoms in total. The molecule has 0 heterocycles. The van der Waals surface area contributed by atoms with Gasteiger partial charge in [-0.25, -0.2) is 4.79 Å². The lowest BCUT2D eigenvalue weighted by atomic mass is 10.1. The molecule has 0 saturated heterocycles. The molecule has 0 aliphatic heterocycles. The first-order valence-corrected chi connectivity index (χ1v) is 4.21. The predicted octanol–water partition coefficient (Wildman–Crippen LogP) is 1.79. The van der Waals surface area contributed by atoms with E-state index in [1.54, 1.807) is 0 Å². The molecule has 1 aromatic carbocycles. The lowest BCUT2D eigenvalue weighted by molar-refractivity contribution is 0.0692. The van der Waals surface area contributed by atoms with Gasteiger partial charge in [-0.15, -0.1) is 0 Å². The van der Waals surface area contributed by atoms with Gasteiger partial charge in [0.2, 0.25) is 5.91 Å². The van der Waals surface area contributed by atoms with Gasteiger partial charge in [-0.05, 0) is 12.1 Å². The summed E-state index contributed by atoms with van der Waals surface area (Å²) >= 11 is 11.2. The molecule has 0 saturated carbocycles. The highest BCUT2D eigenvalue weighted by atomic mass is 35.5. The number of nitrogens with two attached hydrogens (primary N) is 1. The van der Waals surface area contributed by atoms with Crippen LogP contribution in [-0.2, 0) is 0 Å². The third-order valence-corrected chi connectivity index (χ3v) is 2.05. The van der Waals surface area contributed by atoms with Crippen molar-refractivity contribution in [1.29, 1.82) is 0 Å². The molecule has 1 aromatic rings. The first-order chi connectivity index (χ1) is 6.43. The van der Waals surface area contributed by atoms with Crippen molar-refractivity contribution in [1.82, 2.24) is 0 Å². The maximum atomic E-state index is 10.9. The molecule has 6 heteroatoms. The van der Waals surface area contributed by atoms with Gasteiger partial charge in [0.05, 0.1) is 16.1 Å². The second kappa shape index (κ2) is 3.86. The fourth-order valence-corrected chi connectivity index (χ4v) is 1.56. The summed E-state index contributed by atoms with van der Waals surface area (Å²) in [5.41, 5.74) is 4.44. The summed E-state index contributed by atoms with van der Waals surface area (Å²) in [4.78, 5) is 21.6. The van der Waals surface area contributed by atoms with Crippen LogP contribution in [-0.4, -0.2) is 17.0 Å². The molecule has 0 aliphatic carbocycles. The van der Waals surface area contributed by atoms with Crippen LogP contribution < -0.4 is 5.73 Å². The van der Waals surface area contributed by atoms with Gasteiger partial charge in [0.15, 0.2) is 0 Å². The second-order valence-electron chi connectivity index (χ2n) is 2.48. The number of benzene rings is 1. The van der Waals surface area contributed by atoms with Gasteiger partial charge in [-0.3, -0.25) is 4.79 Å². The van der Waals surface area contributed by atoms with Crippen LogP contribution in [0.25, 0.3) is 0 Å². The zero-order valence-corrected chi connectivity index (χ0v) is 8.26. The number of aromatic carboxylic acids is 1. The minimum Gasteiger partial charge on any atom is -0.478 e. The number of carboxylic acids is 1. The van der Waals surface area contributed by atoms with E-state index in [1.165, 1.54) is 12.1 Å². The number of carboxylic acid groups (broad SMARTS) is 1. The van der Waals surface area contributed by atoms with Crippen molar-refractivity contribution < 1.29 is 14.7 Å². The van der Waals surface area contributed by atoms with E-state index in [9.17, 15) is 9.59 Å². The maximum Gasteiger partial charge on any atom is 0.338 e. The highest BCUT2D eigenvalue weighted by molar-refractivity contribution is 6.37. The Bertz CT molecular complexity index is 417. The Kier molecular flexibility index (Phi) is 2.98. The monoisotopic (exact) mass is 233 g/mol. The molecule has 0 spiro atoms. The molecular formula is C8H5Cl2NO3. The molecule has 0 aliphatic rings. The van der Waals surface area contributed by atoms with Crippen LogP contribution in [0, 0.1) is 0 Å². The largest absolute Gasteiger partial charge is 0.478 e. The van der Waals surface area contributed by atoms with Crippen molar-refractivity contribution in [3.05, 3.63) is 33.3 Å². The van der Waals surface area contributed by atoms with E-state index in [1.807, 2.05) is 0 Å². The quantitative estimate of drug-likeness (QED) is 0.818. The van der Waals surface area contributed by atoms with E-state index in [4.69, 9.17) is 34.0 Å². The highest BCUT2D eigenvalue weighted by Crippen LogP contribution is 2.25. The molecule has 0 radical (unpaired) electrons. The summed E-state index contributed by atoms with van der Waals surface area (Å²) < 4.78 is 0. The first-order valence-electron chi connectivity index (χ1n) is 3.45. The van der Waals surface area contributed by atoms with Crippen LogP contribution in [0.5, 0.6) is 0 Å². The molecule has 1 rings (SSSR count). The molecule has 0 atom stereocenters. The molecule has 74 valence electrons. The molecule has 0 bridgehead atoms. The van der Waals surface area contributed by atoms with Gasteiger partial charge in [0.25, 0.3) is 0 Å². The summed E-state index contributed by atoms with van der Waals surface area (Å²) in [6.45, 7) is 0. The number of hydrogen-bond donors (Lipinski definition) is 2. The average Bonchev–Trinajstić information content (AvgIpc) is 2.01. The Hall–Kier alpha value is -1.26. The van der Waals surface area contributed by atoms with Gasteiger partial charge in [-0.2, -0.15) is 0 Å². The Labute approximate surface area is 89.2 Å². The highest BCUT2D eigenvalue weighted by Gasteiger charge is 2.18. The lowest BCUT2D eigenvalue weighted by Crippen LogP contribution is -2.16. The van der Waals surface area contributed by atoms with E-state index in [0.717, 1.165) is 0 Å². The fraction of sp³-hybridized carbons (Fsp3) is 0. The van der Waals surface area contributed by atoms with Gasteiger partial charge in [0, 0.05) is 5.02 Å². The number of carbonyl (C=O) groups is 2. The Balaban J connectivity index is 3.52. The zero-order chi connectivity index (χ0) is 10.9. The van der Waals surface area contributed by atoms with Crippen LogP contribution in [0.2, 0.25) is 10.0 Å². The number of amides is 1. The standard InChI is InChI=1S/C8H5Cl2NO3/c9-3-1-4(7(11)12)6(8(13)14)5(10)2-3/h1-2H,(H2,11,12)(H,13,14). The van der Waals surface area contributed by atoms with Crippen LogP contribution in [0.15, 0.2) is 12.1 Å². The van der Waals surface area contributed by atoms with Crippen LogP contribution >= 0.6 is 23.2 Å². The molecule has 0 unspecified atom stereocenters. The third kappa shape index (κ3) is 1.97. The Morgan fingerprint density at radius 2 is 1.86 bits per heavy atom. The van der Waals surface area contributed by atoms with E-state index < -0.39 is 11.9 Å². The normalized spacial score (nSPS) is 9.86. The van der Waals surface area contributed by atoms with Crippen molar-refractivity contribution in [2.45, 2.75) is 0 Å². The van der Waals surface area contributed by atoms with Crippen LogP contribution in [0.1, 0.15) is 20.7 Å². The van der Waals surface area contributed by atoms with Crippen molar-refractivity contribution in [3.63, 3.8) is 0 Å². The van der Waals surface area contributed by atoms with Gasteiger partial charge >= 0.3 is 5.97 Å². The molecular weight excluding hydrogens is 229 g/mol. The Morgan fingerprint density at radius 1 is 1.29 bits per heavy atom. The third-order valence-electron chi connectivity index (χ3n) is 1.53. The van der Waals surface area contributed by atoms with E-state index >= 15 is 0 Å². The topological polar surface area (TPSA) is 80.4 Å².